The van der Waals surface area contributed by atoms with Crippen LogP contribution in [0.1, 0.15) is 31.0 Å². The van der Waals surface area contributed by atoms with E-state index in [4.69, 9.17) is 18.9 Å². The first-order chi connectivity index (χ1) is 15.1. The Bertz CT molecular complexity index is 894. The SMILES string of the molecule is CCOC(OCC)[C@H]1C(=O)N2[C@H](c3ccc(OCc4ccccc4)cc3)COC(=O)[C@@H]12. The van der Waals surface area contributed by atoms with Crippen molar-refractivity contribution in [2.24, 2.45) is 5.92 Å². The first-order valence-corrected chi connectivity index (χ1v) is 10.6. The van der Waals surface area contributed by atoms with E-state index in [-0.39, 0.29) is 18.6 Å². The molecule has 2 heterocycles. The molecule has 0 radical (unpaired) electrons. The Kier molecular flexibility index (Phi) is 6.53. The molecule has 0 N–H and O–H groups in total. The van der Waals surface area contributed by atoms with E-state index < -0.39 is 24.2 Å². The molecule has 2 aliphatic rings. The summed E-state index contributed by atoms with van der Waals surface area (Å²) in [6.07, 6.45) is -0.746. The number of benzene rings is 2. The third-order valence-corrected chi connectivity index (χ3v) is 5.61. The van der Waals surface area contributed by atoms with Crippen LogP contribution in [0.2, 0.25) is 0 Å². The first kappa shape index (κ1) is 21.3. The fraction of sp³-hybridized carbons (Fsp3) is 0.417. The van der Waals surface area contributed by atoms with Gasteiger partial charge in [-0.25, -0.2) is 4.79 Å². The molecule has 2 aromatic carbocycles. The number of rotatable bonds is 9. The summed E-state index contributed by atoms with van der Waals surface area (Å²) in [5.74, 6) is -0.503. The first-order valence-electron chi connectivity index (χ1n) is 10.6. The van der Waals surface area contributed by atoms with Crippen LogP contribution in [0.15, 0.2) is 54.6 Å². The summed E-state index contributed by atoms with van der Waals surface area (Å²) in [6, 6.07) is 16.5. The summed E-state index contributed by atoms with van der Waals surface area (Å²) in [6.45, 7) is 5.05. The van der Waals surface area contributed by atoms with E-state index in [1.54, 1.807) is 4.90 Å². The van der Waals surface area contributed by atoms with Crippen molar-refractivity contribution in [3.05, 3.63) is 65.7 Å². The summed E-state index contributed by atoms with van der Waals surface area (Å²) >= 11 is 0. The molecule has 0 bridgehead atoms. The summed E-state index contributed by atoms with van der Waals surface area (Å²) < 4.78 is 22.4. The third-order valence-electron chi connectivity index (χ3n) is 5.61. The molecule has 31 heavy (non-hydrogen) atoms. The van der Waals surface area contributed by atoms with Crippen LogP contribution in [0.3, 0.4) is 0 Å². The van der Waals surface area contributed by atoms with Gasteiger partial charge in [-0.2, -0.15) is 0 Å². The number of β-lactam (4-membered cyclic amide) rings is 1. The monoisotopic (exact) mass is 425 g/mol. The quantitative estimate of drug-likeness (QED) is 0.349. The lowest BCUT2D eigenvalue weighted by molar-refractivity contribution is -0.233. The Morgan fingerprint density at radius 2 is 1.68 bits per heavy atom. The average molecular weight is 425 g/mol. The van der Waals surface area contributed by atoms with Gasteiger partial charge in [-0.3, -0.25) is 4.79 Å². The number of hydrogen-bond donors (Lipinski definition) is 0. The number of cyclic esters (lactones) is 1. The van der Waals surface area contributed by atoms with Gasteiger partial charge >= 0.3 is 5.97 Å². The molecule has 0 saturated carbocycles. The minimum Gasteiger partial charge on any atom is -0.489 e. The van der Waals surface area contributed by atoms with Gasteiger partial charge in [0, 0.05) is 13.2 Å². The zero-order valence-corrected chi connectivity index (χ0v) is 17.7. The van der Waals surface area contributed by atoms with Crippen molar-refractivity contribution in [2.45, 2.75) is 38.8 Å². The van der Waals surface area contributed by atoms with Gasteiger partial charge in [-0.05, 0) is 37.1 Å². The lowest BCUT2D eigenvalue weighted by Gasteiger charge is -2.53. The third kappa shape index (κ3) is 4.29. The molecular weight excluding hydrogens is 398 g/mol. The molecule has 0 aliphatic carbocycles. The number of nitrogens with zero attached hydrogens (tertiary/aromatic N) is 1. The molecule has 2 saturated heterocycles. The minimum absolute atomic E-state index is 0.131. The fourth-order valence-electron chi connectivity index (χ4n) is 4.10. The summed E-state index contributed by atoms with van der Waals surface area (Å²) in [4.78, 5) is 27.0. The molecule has 4 rings (SSSR count). The van der Waals surface area contributed by atoms with E-state index in [9.17, 15) is 9.59 Å². The molecule has 0 aromatic heterocycles. The molecule has 3 atom stereocenters. The maximum atomic E-state index is 13.0. The summed E-state index contributed by atoms with van der Waals surface area (Å²) in [7, 11) is 0. The van der Waals surface area contributed by atoms with Crippen molar-refractivity contribution < 1.29 is 28.5 Å². The Morgan fingerprint density at radius 1 is 1.00 bits per heavy atom. The average Bonchev–Trinajstić information content (AvgIpc) is 2.79. The van der Waals surface area contributed by atoms with Gasteiger partial charge in [0.2, 0.25) is 5.91 Å². The number of morpholine rings is 1. The number of hydrogen-bond acceptors (Lipinski definition) is 6. The Hall–Kier alpha value is -2.90. The standard InChI is InChI=1S/C24H27NO6/c1-3-28-24(29-4-2)20-21-23(27)31-15-19(25(21)22(20)26)17-10-12-18(13-11-17)30-14-16-8-6-5-7-9-16/h5-13,19-21,24H,3-4,14-15H2,1-2H3/t19-,20+,21+/m0/s1. The van der Waals surface area contributed by atoms with Crippen molar-refractivity contribution >= 4 is 11.9 Å². The van der Waals surface area contributed by atoms with Crippen LogP contribution in [-0.4, -0.2) is 48.9 Å². The number of fused-ring (bicyclic) bond motifs is 1. The van der Waals surface area contributed by atoms with E-state index in [1.807, 2.05) is 68.4 Å². The zero-order valence-electron chi connectivity index (χ0n) is 17.7. The van der Waals surface area contributed by atoms with Crippen LogP contribution < -0.4 is 4.74 Å². The highest BCUT2D eigenvalue weighted by atomic mass is 16.7. The van der Waals surface area contributed by atoms with Gasteiger partial charge in [0.15, 0.2) is 6.29 Å². The van der Waals surface area contributed by atoms with Crippen molar-refractivity contribution in [3.8, 4) is 5.75 Å². The van der Waals surface area contributed by atoms with Gasteiger partial charge in [0.1, 0.15) is 30.9 Å². The molecule has 7 heteroatoms. The molecule has 0 spiro atoms. The molecule has 164 valence electrons. The predicted octanol–water partition coefficient (Wildman–Crippen LogP) is 3.09. The second-order valence-electron chi connectivity index (χ2n) is 7.48. The largest absolute Gasteiger partial charge is 0.489 e. The van der Waals surface area contributed by atoms with Crippen LogP contribution in [0, 0.1) is 5.92 Å². The topological polar surface area (TPSA) is 74.3 Å². The maximum Gasteiger partial charge on any atom is 0.330 e. The number of carbonyl (C=O) groups is 2. The molecule has 2 aliphatic heterocycles. The maximum absolute atomic E-state index is 13.0. The second-order valence-corrected chi connectivity index (χ2v) is 7.48. The fourth-order valence-corrected chi connectivity index (χ4v) is 4.10. The highest BCUT2D eigenvalue weighted by Crippen LogP contribution is 2.42. The Morgan fingerprint density at radius 3 is 2.32 bits per heavy atom. The zero-order chi connectivity index (χ0) is 21.8. The predicted molar refractivity (Wildman–Crippen MR) is 112 cm³/mol. The molecule has 1 amide bonds. The highest BCUT2D eigenvalue weighted by Gasteiger charge is 2.61. The number of esters is 1. The lowest BCUT2D eigenvalue weighted by atomic mass is 9.82. The molecule has 2 aromatic rings. The van der Waals surface area contributed by atoms with Crippen molar-refractivity contribution in [2.75, 3.05) is 19.8 Å². The molecule has 7 nitrogen and oxygen atoms in total. The smallest absolute Gasteiger partial charge is 0.330 e. The van der Waals surface area contributed by atoms with Crippen molar-refractivity contribution in [1.82, 2.24) is 4.90 Å². The van der Waals surface area contributed by atoms with Gasteiger partial charge in [-0.15, -0.1) is 0 Å². The van der Waals surface area contributed by atoms with Gasteiger partial charge in [-0.1, -0.05) is 42.5 Å². The summed E-state index contributed by atoms with van der Waals surface area (Å²) in [5.41, 5.74) is 1.98. The van der Waals surface area contributed by atoms with E-state index in [0.29, 0.717) is 19.8 Å². The molecular formula is C24H27NO6. The second kappa shape index (κ2) is 9.49. The van der Waals surface area contributed by atoms with Crippen molar-refractivity contribution in [1.29, 1.82) is 0 Å². The van der Waals surface area contributed by atoms with Crippen LogP contribution in [0.4, 0.5) is 0 Å². The van der Waals surface area contributed by atoms with Gasteiger partial charge < -0.3 is 23.8 Å². The van der Waals surface area contributed by atoms with E-state index in [1.165, 1.54) is 0 Å². The Labute approximate surface area is 181 Å². The van der Waals surface area contributed by atoms with E-state index in [2.05, 4.69) is 0 Å². The van der Waals surface area contributed by atoms with Crippen LogP contribution in [0.5, 0.6) is 5.75 Å². The highest BCUT2D eigenvalue weighted by molar-refractivity contribution is 5.98. The van der Waals surface area contributed by atoms with Crippen LogP contribution in [-0.2, 0) is 30.4 Å². The lowest BCUT2D eigenvalue weighted by Crippen LogP contribution is -2.71. The normalized spacial score (nSPS) is 22.7. The minimum atomic E-state index is -0.746. The van der Waals surface area contributed by atoms with E-state index in [0.717, 1.165) is 16.9 Å². The van der Waals surface area contributed by atoms with E-state index >= 15 is 0 Å². The number of ether oxygens (including phenoxy) is 4. The molecule has 2 fully saturated rings. The van der Waals surface area contributed by atoms with Crippen LogP contribution in [0.25, 0.3) is 0 Å². The number of amides is 1. The van der Waals surface area contributed by atoms with Gasteiger partial charge in [0.25, 0.3) is 0 Å². The molecule has 0 unspecified atom stereocenters. The Balaban J connectivity index is 1.45. The van der Waals surface area contributed by atoms with Crippen molar-refractivity contribution in [3.63, 3.8) is 0 Å². The number of carbonyl (C=O) groups excluding carboxylic acids is 2. The van der Waals surface area contributed by atoms with Crippen LogP contribution >= 0.6 is 0 Å². The summed E-state index contributed by atoms with van der Waals surface area (Å²) in [5, 5.41) is 0. The van der Waals surface area contributed by atoms with Gasteiger partial charge in [0.05, 0.1) is 6.04 Å².